The monoisotopic (exact) mass is 203 g/mol. The number of nitrogens with zero attached hydrogens (tertiary/aromatic N) is 2. The Labute approximate surface area is 81.4 Å². The molecule has 1 unspecified atom stereocenters. The van der Waals surface area contributed by atoms with Crippen LogP contribution in [0.5, 0.6) is 0 Å². The van der Waals surface area contributed by atoms with Crippen LogP contribution in [-0.4, -0.2) is 42.2 Å². The average Bonchev–Trinajstić information content (AvgIpc) is 2.26. The van der Waals surface area contributed by atoms with Gasteiger partial charge in [-0.05, 0) is 11.8 Å². The molecular weight excluding hydrogens is 190 g/mol. The maximum Gasteiger partial charge on any atom is 0.209 e. The maximum absolute atomic E-state index is 10.4. The minimum Gasteiger partial charge on any atom is -0.550 e. The van der Waals surface area contributed by atoms with Crippen LogP contribution in [0.15, 0.2) is 4.99 Å². The number of nitrogens with one attached hydrogen (secondary N) is 1. The summed E-state index contributed by atoms with van der Waals surface area (Å²) in [6, 6.07) is 0. The summed E-state index contributed by atoms with van der Waals surface area (Å²) in [5, 5.41) is 11.1. The fourth-order valence-electron chi connectivity index (χ4n) is 1.12. The Kier molecular flexibility index (Phi) is 2.82. The number of carbonyl (C=O) groups is 1. The van der Waals surface area contributed by atoms with Gasteiger partial charge in [0, 0.05) is 13.0 Å². The second-order valence-electron chi connectivity index (χ2n) is 3.33. The Balaban J connectivity index is 2.70. The highest BCUT2D eigenvalue weighted by Crippen LogP contribution is 2.28. The number of carboxylic acid groups (broad SMARTS) is 1. The zero-order chi connectivity index (χ0) is 10.1. The summed E-state index contributed by atoms with van der Waals surface area (Å²) < 4.78 is 0.422. The van der Waals surface area contributed by atoms with E-state index in [1.165, 1.54) is 11.8 Å². The van der Waals surface area contributed by atoms with Crippen molar-refractivity contribution < 1.29 is 14.5 Å². The van der Waals surface area contributed by atoms with Crippen LogP contribution in [0.3, 0.4) is 0 Å². The van der Waals surface area contributed by atoms with Gasteiger partial charge >= 0.3 is 0 Å². The summed E-state index contributed by atoms with van der Waals surface area (Å²) in [7, 11) is 5.48. The van der Waals surface area contributed by atoms with Gasteiger partial charge < -0.3 is 9.90 Å². The standard InChI is InChI=1S/C7H13N3O2S/c1-8-7-9-10(2,3)5(13-7)4-6(11)12/h5H,4H2,1-3H3,(H-,8,9,11,12). The molecule has 0 spiro atoms. The molecule has 0 amide bonds. The van der Waals surface area contributed by atoms with E-state index in [1.807, 2.05) is 14.1 Å². The molecule has 6 heteroatoms. The van der Waals surface area contributed by atoms with Gasteiger partial charge in [-0.1, -0.05) is 0 Å². The number of aliphatic imine (C=N–C) groups is 1. The molecule has 1 saturated heterocycles. The van der Waals surface area contributed by atoms with Crippen molar-refractivity contribution in [1.82, 2.24) is 5.43 Å². The maximum atomic E-state index is 10.4. The highest BCUT2D eigenvalue weighted by Gasteiger charge is 2.39. The number of aliphatic carboxylic acids is 1. The molecule has 5 nitrogen and oxygen atoms in total. The van der Waals surface area contributed by atoms with Gasteiger partial charge in [0.2, 0.25) is 5.17 Å². The van der Waals surface area contributed by atoms with Gasteiger partial charge in [-0.3, -0.25) is 4.99 Å². The Morgan fingerprint density at radius 1 is 1.77 bits per heavy atom. The molecule has 0 aromatic heterocycles. The third-order valence-electron chi connectivity index (χ3n) is 1.90. The molecule has 13 heavy (non-hydrogen) atoms. The SMILES string of the molecule is CN=C1N[N+](C)(C)C(CC(=O)[O-])S1. The van der Waals surface area contributed by atoms with Crippen molar-refractivity contribution >= 4 is 22.9 Å². The minimum atomic E-state index is -1.03. The van der Waals surface area contributed by atoms with Crippen LogP contribution in [0.4, 0.5) is 0 Å². The molecule has 0 radical (unpaired) electrons. The van der Waals surface area contributed by atoms with Crippen LogP contribution >= 0.6 is 11.8 Å². The largest absolute Gasteiger partial charge is 0.550 e. The normalized spacial score (nSPS) is 28.8. The number of rotatable bonds is 2. The summed E-state index contributed by atoms with van der Waals surface area (Å²) in [6.45, 7) is 0. The molecule has 1 fully saturated rings. The lowest BCUT2D eigenvalue weighted by Gasteiger charge is -2.28. The number of thioether (sulfide) groups is 1. The minimum absolute atomic E-state index is 0.0314. The number of amidine groups is 1. The van der Waals surface area contributed by atoms with Crippen LogP contribution < -0.4 is 10.5 Å². The predicted molar refractivity (Wildman–Crippen MR) is 49.6 cm³/mol. The lowest BCUT2D eigenvalue weighted by Crippen LogP contribution is -2.53. The van der Waals surface area contributed by atoms with E-state index >= 15 is 0 Å². The molecule has 0 bridgehead atoms. The van der Waals surface area contributed by atoms with Gasteiger partial charge in [0.25, 0.3) is 0 Å². The van der Waals surface area contributed by atoms with Crippen molar-refractivity contribution in [2.45, 2.75) is 11.8 Å². The average molecular weight is 203 g/mol. The predicted octanol–water partition coefficient (Wildman–Crippen LogP) is -1.23. The van der Waals surface area contributed by atoms with Crippen molar-refractivity contribution in [2.24, 2.45) is 4.99 Å². The van der Waals surface area contributed by atoms with Gasteiger partial charge in [0.05, 0.1) is 20.5 Å². The summed E-state index contributed by atoms with van der Waals surface area (Å²) in [5.41, 5.74) is 3.09. The van der Waals surface area contributed by atoms with E-state index in [4.69, 9.17) is 0 Å². The Morgan fingerprint density at radius 2 is 2.38 bits per heavy atom. The van der Waals surface area contributed by atoms with E-state index in [-0.39, 0.29) is 11.8 Å². The summed E-state index contributed by atoms with van der Waals surface area (Å²) in [4.78, 5) is 14.4. The molecule has 0 aromatic carbocycles. The number of carboxylic acids is 1. The second kappa shape index (κ2) is 3.55. The molecule has 0 aliphatic carbocycles. The highest BCUT2D eigenvalue weighted by molar-refractivity contribution is 8.14. The lowest BCUT2D eigenvalue weighted by atomic mass is 10.4. The number of quaternary nitrogens is 1. The molecule has 1 aliphatic rings. The Bertz CT molecular complexity index is 252. The Morgan fingerprint density at radius 3 is 2.77 bits per heavy atom. The third-order valence-corrected chi connectivity index (χ3v) is 3.36. The first-order valence-electron chi connectivity index (χ1n) is 3.91. The molecule has 1 rings (SSSR count). The van der Waals surface area contributed by atoms with Crippen LogP contribution in [-0.2, 0) is 4.79 Å². The molecule has 1 heterocycles. The summed E-state index contributed by atoms with van der Waals surface area (Å²) in [5.74, 6) is -1.03. The number of carbonyl (C=O) groups excluding carboxylic acids is 1. The van der Waals surface area contributed by atoms with Gasteiger partial charge in [-0.25, -0.2) is 10.0 Å². The molecule has 1 N–H and O–H groups in total. The van der Waals surface area contributed by atoms with Crippen molar-refractivity contribution in [1.29, 1.82) is 0 Å². The number of hydrogen-bond acceptors (Lipinski definition) is 4. The zero-order valence-corrected chi connectivity index (χ0v) is 8.72. The quantitative estimate of drug-likeness (QED) is 0.571. The van der Waals surface area contributed by atoms with E-state index in [9.17, 15) is 9.90 Å². The Hall–Kier alpha value is -0.750. The molecule has 0 saturated carbocycles. The molecule has 74 valence electrons. The molecule has 1 atom stereocenters. The lowest BCUT2D eigenvalue weighted by molar-refractivity contribution is -0.929. The van der Waals surface area contributed by atoms with Crippen molar-refractivity contribution in [3.05, 3.63) is 0 Å². The van der Waals surface area contributed by atoms with Crippen molar-refractivity contribution in [2.75, 3.05) is 21.1 Å². The molecule has 0 aromatic rings. The van der Waals surface area contributed by atoms with Gasteiger partial charge in [0.15, 0.2) is 5.37 Å². The van der Waals surface area contributed by atoms with Gasteiger partial charge in [0.1, 0.15) is 0 Å². The fourth-order valence-corrected chi connectivity index (χ4v) is 2.31. The van der Waals surface area contributed by atoms with Gasteiger partial charge in [-0.15, -0.1) is 0 Å². The first-order valence-corrected chi connectivity index (χ1v) is 4.79. The number of hydrogen-bond donors (Lipinski definition) is 1. The fraction of sp³-hybridized carbons (Fsp3) is 0.714. The van der Waals surface area contributed by atoms with Gasteiger partial charge in [-0.2, -0.15) is 0 Å². The molecule has 1 aliphatic heterocycles. The topological polar surface area (TPSA) is 64.5 Å². The van der Waals surface area contributed by atoms with Crippen molar-refractivity contribution in [3.8, 4) is 0 Å². The van der Waals surface area contributed by atoms with E-state index in [1.54, 1.807) is 7.05 Å². The third kappa shape index (κ3) is 2.35. The first kappa shape index (κ1) is 10.3. The van der Waals surface area contributed by atoms with E-state index in [2.05, 4.69) is 10.4 Å². The van der Waals surface area contributed by atoms with Crippen LogP contribution in [0.1, 0.15) is 6.42 Å². The van der Waals surface area contributed by atoms with Crippen LogP contribution in [0, 0.1) is 0 Å². The van der Waals surface area contributed by atoms with Crippen molar-refractivity contribution in [3.63, 3.8) is 0 Å². The summed E-state index contributed by atoms with van der Waals surface area (Å²) in [6.07, 6.45) is 0.0314. The van der Waals surface area contributed by atoms with E-state index < -0.39 is 5.97 Å². The van der Waals surface area contributed by atoms with E-state index in [0.29, 0.717) is 4.59 Å². The smallest absolute Gasteiger partial charge is 0.209 e. The van der Waals surface area contributed by atoms with Crippen LogP contribution in [0.25, 0.3) is 0 Å². The second-order valence-corrected chi connectivity index (χ2v) is 4.50. The van der Waals surface area contributed by atoms with E-state index in [0.717, 1.165) is 5.17 Å². The highest BCUT2D eigenvalue weighted by atomic mass is 32.2. The molecular formula is C7H13N3O2S. The van der Waals surface area contributed by atoms with Crippen LogP contribution in [0.2, 0.25) is 0 Å². The first-order chi connectivity index (χ1) is 5.95. The summed E-state index contributed by atoms with van der Waals surface area (Å²) >= 11 is 1.44. The zero-order valence-electron chi connectivity index (χ0n) is 7.90.